The van der Waals surface area contributed by atoms with Crippen LogP contribution in [0.3, 0.4) is 0 Å². The van der Waals surface area contributed by atoms with Crippen molar-refractivity contribution >= 4 is 39.1 Å². The highest BCUT2D eigenvalue weighted by atomic mass is 35.5. The van der Waals surface area contributed by atoms with Crippen LogP contribution in [0.1, 0.15) is 24.5 Å². The first kappa shape index (κ1) is 35.2. The van der Waals surface area contributed by atoms with Crippen LogP contribution in [0.2, 0.25) is 5.02 Å². The second-order valence-electron chi connectivity index (χ2n) is 11.4. The first-order valence-electron chi connectivity index (χ1n) is 16.0. The molecule has 2 amide bonds. The molecule has 0 saturated carbocycles. The predicted molar refractivity (Wildman–Crippen MR) is 193 cm³/mol. The van der Waals surface area contributed by atoms with Gasteiger partial charge in [-0.2, -0.15) is 0 Å². The number of anilines is 1. The Morgan fingerprint density at radius 3 is 1.92 bits per heavy atom. The third-order valence-corrected chi connectivity index (χ3v) is 9.84. The van der Waals surface area contributed by atoms with Crippen molar-refractivity contribution in [1.82, 2.24) is 10.2 Å². The predicted octanol–water partition coefficient (Wildman–Crippen LogP) is 7.49. The van der Waals surface area contributed by atoms with E-state index in [1.54, 1.807) is 66.7 Å². The third kappa shape index (κ3) is 9.49. The molecule has 5 aromatic rings. The first-order valence-corrected chi connectivity index (χ1v) is 17.8. The Morgan fingerprint density at radius 2 is 1.31 bits per heavy atom. The van der Waals surface area contributed by atoms with Crippen LogP contribution in [0.25, 0.3) is 0 Å². The number of hydrogen-bond donors (Lipinski definition) is 1. The van der Waals surface area contributed by atoms with Gasteiger partial charge in [0.25, 0.3) is 10.0 Å². The Hall–Kier alpha value is -5.12. The number of halogens is 1. The van der Waals surface area contributed by atoms with Crippen molar-refractivity contribution in [2.45, 2.75) is 37.2 Å². The summed E-state index contributed by atoms with van der Waals surface area (Å²) in [5.41, 5.74) is 1.86. The van der Waals surface area contributed by atoms with E-state index in [-0.39, 0.29) is 29.5 Å². The monoisotopic (exact) mass is 695 g/mol. The third-order valence-electron chi connectivity index (χ3n) is 7.80. The lowest BCUT2D eigenvalue weighted by atomic mass is 10.0. The Morgan fingerprint density at radius 1 is 0.735 bits per heavy atom. The molecule has 0 saturated heterocycles. The van der Waals surface area contributed by atoms with Gasteiger partial charge in [-0.25, -0.2) is 8.42 Å². The summed E-state index contributed by atoms with van der Waals surface area (Å²) in [4.78, 5) is 29.9. The second kappa shape index (κ2) is 16.8. The molecule has 8 nitrogen and oxygen atoms in total. The number of ether oxygens (including phenoxy) is 1. The highest BCUT2D eigenvalue weighted by molar-refractivity contribution is 7.92. The Labute approximate surface area is 293 Å². The lowest BCUT2D eigenvalue weighted by Gasteiger charge is -2.34. The highest BCUT2D eigenvalue weighted by Crippen LogP contribution is 2.29. The maximum atomic E-state index is 14.6. The summed E-state index contributed by atoms with van der Waals surface area (Å²) in [6.45, 7) is 1.87. The molecule has 1 unspecified atom stereocenters. The van der Waals surface area contributed by atoms with Gasteiger partial charge < -0.3 is 15.0 Å². The van der Waals surface area contributed by atoms with E-state index < -0.39 is 28.5 Å². The van der Waals surface area contributed by atoms with Gasteiger partial charge in [0.2, 0.25) is 11.8 Å². The van der Waals surface area contributed by atoms with Crippen molar-refractivity contribution in [3.63, 3.8) is 0 Å². The minimum atomic E-state index is -4.22. The number of sulfonamides is 1. The number of para-hydroxylation sites is 1. The van der Waals surface area contributed by atoms with Gasteiger partial charge in [0, 0.05) is 24.5 Å². The molecule has 5 aromatic carbocycles. The lowest BCUT2D eigenvalue weighted by molar-refractivity contribution is -0.140. The van der Waals surface area contributed by atoms with E-state index in [2.05, 4.69) is 5.32 Å². The highest BCUT2D eigenvalue weighted by Gasteiger charge is 2.34. The number of benzene rings is 5. The molecule has 5 rings (SSSR count). The average Bonchev–Trinajstić information content (AvgIpc) is 3.13. The molecule has 0 aliphatic heterocycles. The molecule has 0 spiro atoms. The van der Waals surface area contributed by atoms with E-state index in [4.69, 9.17) is 16.3 Å². The molecular weight excluding hydrogens is 658 g/mol. The molecular formula is C39H38ClN3O5S. The molecule has 10 heteroatoms. The summed E-state index contributed by atoms with van der Waals surface area (Å²) in [5, 5.41) is 3.48. The summed E-state index contributed by atoms with van der Waals surface area (Å²) in [7, 11) is -4.22. The molecule has 1 atom stereocenters. The van der Waals surface area contributed by atoms with Gasteiger partial charge in [-0.15, -0.1) is 0 Å². The molecule has 49 heavy (non-hydrogen) atoms. The van der Waals surface area contributed by atoms with E-state index in [1.807, 2.05) is 67.6 Å². The molecule has 0 fully saturated rings. The number of rotatable bonds is 15. The van der Waals surface area contributed by atoms with Crippen LogP contribution >= 0.6 is 11.6 Å². The van der Waals surface area contributed by atoms with Crippen LogP contribution in [-0.4, -0.2) is 44.3 Å². The number of nitrogens with zero attached hydrogens (tertiary/aromatic N) is 2. The summed E-state index contributed by atoms with van der Waals surface area (Å²) in [6.07, 6.45) is 0.939. The number of hydrogen-bond acceptors (Lipinski definition) is 5. The average molecular weight is 696 g/mol. The van der Waals surface area contributed by atoms with Crippen molar-refractivity contribution in [3.8, 4) is 11.5 Å². The van der Waals surface area contributed by atoms with Crippen LogP contribution in [0.5, 0.6) is 11.5 Å². The van der Waals surface area contributed by atoms with Gasteiger partial charge in [0.1, 0.15) is 24.1 Å². The largest absolute Gasteiger partial charge is 0.457 e. The van der Waals surface area contributed by atoms with Gasteiger partial charge in [-0.1, -0.05) is 97.4 Å². The molecule has 0 bridgehead atoms. The normalized spacial score (nSPS) is 11.7. The van der Waals surface area contributed by atoms with Crippen molar-refractivity contribution in [3.05, 3.63) is 156 Å². The van der Waals surface area contributed by atoms with Crippen LogP contribution in [0.4, 0.5) is 5.69 Å². The van der Waals surface area contributed by atoms with E-state index in [1.165, 1.54) is 17.0 Å². The van der Waals surface area contributed by atoms with Crippen LogP contribution in [0.15, 0.2) is 144 Å². The van der Waals surface area contributed by atoms with Crippen molar-refractivity contribution in [2.75, 3.05) is 17.4 Å². The molecule has 1 N–H and O–H groups in total. The standard InChI is InChI=1S/C39H38ClN3O5S/c1-2-26-41-39(45)37(27-30-12-6-3-7-13-30)42(28-31-18-20-32(40)21-19-31)38(44)29-43(49(46,47)36-16-10-5-11-17-36)33-22-24-35(25-23-33)48-34-14-8-4-9-15-34/h3-25,37H,2,26-29H2,1H3,(H,41,45). The molecule has 0 aromatic heterocycles. The summed E-state index contributed by atoms with van der Waals surface area (Å²) in [5.74, 6) is 0.251. The number of carbonyl (C=O) groups is 2. The quantitative estimate of drug-likeness (QED) is 0.122. The smallest absolute Gasteiger partial charge is 0.264 e. The number of nitrogens with one attached hydrogen (secondary N) is 1. The van der Waals surface area contributed by atoms with Crippen molar-refractivity contribution < 1.29 is 22.7 Å². The van der Waals surface area contributed by atoms with Crippen LogP contribution < -0.4 is 14.4 Å². The maximum Gasteiger partial charge on any atom is 0.264 e. The fraction of sp³-hybridized carbons (Fsp3) is 0.179. The first-order chi connectivity index (χ1) is 23.7. The van der Waals surface area contributed by atoms with E-state index in [0.717, 1.165) is 15.4 Å². The van der Waals surface area contributed by atoms with E-state index in [9.17, 15) is 18.0 Å². The summed E-state index contributed by atoms with van der Waals surface area (Å²) in [6, 6.07) is 39.2. The van der Waals surface area contributed by atoms with Gasteiger partial charge in [-0.05, 0) is 78.2 Å². The van der Waals surface area contributed by atoms with Gasteiger partial charge in [0.05, 0.1) is 10.6 Å². The summed E-state index contributed by atoms with van der Waals surface area (Å²) < 4.78 is 35.5. The van der Waals surface area contributed by atoms with Crippen molar-refractivity contribution in [1.29, 1.82) is 0 Å². The molecule has 0 heterocycles. The topological polar surface area (TPSA) is 96.0 Å². The fourth-order valence-electron chi connectivity index (χ4n) is 5.26. The Balaban J connectivity index is 1.54. The minimum Gasteiger partial charge on any atom is -0.457 e. The zero-order chi connectivity index (χ0) is 34.6. The van der Waals surface area contributed by atoms with Crippen LogP contribution in [0, 0.1) is 0 Å². The maximum absolute atomic E-state index is 14.6. The zero-order valence-electron chi connectivity index (χ0n) is 27.1. The van der Waals surface area contributed by atoms with Crippen LogP contribution in [-0.2, 0) is 32.6 Å². The fourth-order valence-corrected chi connectivity index (χ4v) is 6.82. The molecule has 252 valence electrons. The zero-order valence-corrected chi connectivity index (χ0v) is 28.7. The van der Waals surface area contributed by atoms with Gasteiger partial charge >= 0.3 is 0 Å². The van der Waals surface area contributed by atoms with Gasteiger partial charge in [0.15, 0.2) is 0 Å². The SMILES string of the molecule is CCCNC(=O)C(Cc1ccccc1)N(Cc1ccc(Cl)cc1)C(=O)CN(c1ccc(Oc2ccccc2)cc1)S(=O)(=O)c1ccccc1. The second-order valence-corrected chi connectivity index (χ2v) is 13.7. The Bertz CT molecular complexity index is 1910. The number of amides is 2. The molecule has 0 aliphatic rings. The number of carbonyl (C=O) groups excluding carboxylic acids is 2. The van der Waals surface area contributed by atoms with Crippen molar-refractivity contribution in [2.24, 2.45) is 0 Å². The van der Waals surface area contributed by atoms with Gasteiger partial charge in [-0.3, -0.25) is 13.9 Å². The summed E-state index contributed by atoms with van der Waals surface area (Å²) >= 11 is 6.16. The Kier molecular flexibility index (Phi) is 12.1. The minimum absolute atomic E-state index is 0.0261. The molecule has 0 radical (unpaired) electrons. The molecule has 0 aliphatic carbocycles. The van der Waals surface area contributed by atoms with E-state index in [0.29, 0.717) is 29.5 Å². The van der Waals surface area contributed by atoms with E-state index >= 15 is 0 Å². The lowest BCUT2D eigenvalue weighted by Crippen LogP contribution is -2.53.